The van der Waals surface area contributed by atoms with E-state index in [0.29, 0.717) is 12.5 Å². The molecule has 0 amide bonds. The fourth-order valence-electron chi connectivity index (χ4n) is 2.30. The fraction of sp³-hybridized carbons (Fsp3) is 0.727. The van der Waals surface area contributed by atoms with Crippen LogP contribution in [-0.2, 0) is 13.6 Å². The molecule has 1 N–H and O–H groups in total. The summed E-state index contributed by atoms with van der Waals surface area (Å²) in [5.41, 5.74) is 1.29. The largest absolute Gasteiger partial charge is 0.396 e. The van der Waals surface area contributed by atoms with Gasteiger partial charge < -0.3 is 5.11 Å². The zero-order chi connectivity index (χ0) is 11.5. The van der Waals surface area contributed by atoms with Crippen molar-refractivity contribution in [3.63, 3.8) is 0 Å². The molecule has 0 spiro atoms. The van der Waals surface area contributed by atoms with Crippen LogP contribution in [0.15, 0.2) is 6.20 Å². The molecule has 0 radical (unpaired) electrons. The molecule has 0 unspecified atom stereocenters. The standard InChI is InChI=1S/C11H18IN3O/c1-14-6-10(11(12)13-14)7-15-4-2-3-9(5-15)8-16/h6,9,16H,2-5,7-8H2,1H3/t9-/m0/s1. The number of aliphatic hydroxyl groups excluding tert-OH is 1. The number of rotatable bonds is 3. The minimum absolute atomic E-state index is 0.320. The third kappa shape index (κ3) is 2.95. The zero-order valence-electron chi connectivity index (χ0n) is 9.56. The Labute approximate surface area is 110 Å². The van der Waals surface area contributed by atoms with Crippen LogP contribution in [0, 0.1) is 9.62 Å². The lowest BCUT2D eigenvalue weighted by Crippen LogP contribution is -2.36. The van der Waals surface area contributed by atoms with Crippen LogP contribution >= 0.6 is 22.6 Å². The Bertz CT molecular complexity index is 353. The highest BCUT2D eigenvalue weighted by atomic mass is 127. The first kappa shape index (κ1) is 12.3. The van der Waals surface area contributed by atoms with Crippen molar-refractivity contribution in [2.45, 2.75) is 19.4 Å². The lowest BCUT2D eigenvalue weighted by molar-refractivity contribution is 0.115. The van der Waals surface area contributed by atoms with Crippen LogP contribution in [0.1, 0.15) is 18.4 Å². The third-order valence-corrected chi connectivity index (χ3v) is 4.02. The number of aromatic nitrogens is 2. The Kier molecular flexibility index (Phi) is 4.21. The molecule has 1 saturated heterocycles. The van der Waals surface area contributed by atoms with E-state index >= 15 is 0 Å². The Hall–Kier alpha value is -0.140. The summed E-state index contributed by atoms with van der Waals surface area (Å²) in [6, 6.07) is 0. The van der Waals surface area contributed by atoms with Gasteiger partial charge in [0.1, 0.15) is 3.70 Å². The zero-order valence-corrected chi connectivity index (χ0v) is 11.7. The highest BCUT2D eigenvalue weighted by molar-refractivity contribution is 14.1. The van der Waals surface area contributed by atoms with Crippen LogP contribution in [0.2, 0.25) is 0 Å². The maximum atomic E-state index is 9.19. The highest BCUT2D eigenvalue weighted by Crippen LogP contribution is 2.19. The Balaban J connectivity index is 1.96. The van der Waals surface area contributed by atoms with Gasteiger partial charge in [-0.25, -0.2) is 0 Å². The predicted octanol–water partition coefficient (Wildman–Crippen LogP) is 1.23. The van der Waals surface area contributed by atoms with Crippen LogP contribution in [0.25, 0.3) is 0 Å². The van der Waals surface area contributed by atoms with Gasteiger partial charge >= 0.3 is 0 Å². The van der Waals surface area contributed by atoms with Gasteiger partial charge in [-0.2, -0.15) is 5.10 Å². The Morgan fingerprint density at radius 3 is 3.06 bits per heavy atom. The van der Waals surface area contributed by atoms with Crippen LogP contribution in [0.4, 0.5) is 0 Å². The normalized spacial score (nSPS) is 22.6. The summed E-state index contributed by atoms with van der Waals surface area (Å²) >= 11 is 2.28. The van der Waals surface area contributed by atoms with Crippen molar-refractivity contribution in [3.05, 3.63) is 15.5 Å². The molecule has 0 saturated carbocycles. The Morgan fingerprint density at radius 1 is 1.62 bits per heavy atom. The first-order valence-electron chi connectivity index (χ1n) is 5.70. The third-order valence-electron chi connectivity index (χ3n) is 3.11. The molecule has 1 atom stereocenters. The second kappa shape index (κ2) is 5.46. The van der Waals surface area contributed by atoms with Gasteiger partial charge in [-0.05, 0) is 47.9 Å². The number of likely N-dealkylation sites (tertiary alicyclic amines) is 1. The van der Waals surface area contributed by atoms with Gasteiger partial charge in [-0.15, -0.1) is 0 Å². The number of aryl methyl sites for hydroxylation is 1. The van der Waals surface area contributed by atoms with Crippen LogP contribution in [0.5, 0.6) is 0 Å². The number of hydrogen-bond acceptors (Lipinski definition) is 3. The number of nitrogens with zero attached hydrogens (tertiary/aromatic N) is 3. The predicted molar refractivity (Wildman–Crippen MR) is 71.0 cm³/mol. The van der Waals surface area contributed by atoms with Crippen molar-refractivity contribution >= 4 is 22.6 Å². The molecule has 0 aromatic carbocycles. The van der Waals surface area contributed by atoms with E-state index in [-0.39, 0.29) is 0 Å². The quantitative estimate of drug-likeness (QED) is 0.845. The van der Waals surface area contributed by atoms with Gasteiger partial charge in [0.15, 0.2) is 0 Å². The summed E-state index contributed by atoms with van der Waals surface area (Å²) in [4.78, 5) is 2.42. The summed E-state index contributed by atoms with van der Waals surface area (Å²) in [5.74, 6) is 0.461. The molecule has 4 nitrogen and oxygen atoms in total. The molecular formula is C11H18IN3O. The summed E-state index contributed by atoms with van der Waals surface area (Å²) in [6.07, 6.45) is 4.45. The Morgan fingerprint density at radius 2 is 2.44 bits per heavy atom. The molecule has 1 aliphatic heterocycles. The van der Waals surface area contributed by atoms with E-state index in [9.17, 15) is 5.11 Å². The van der Waals surface area contributed by atoms with Crippen molar-refractivity contribution in [1.82, 2.24) is 14.7 Å². The first-order valence-corrected chi connectivity index (χ1v) is 6.78. The minimum Gasteiger partial charge on any atom is -0.396 e. The van der Waals surface area contributed by atoms with Crippen molar-refractivity contribution in [2.24, 2.45) is 13.0 Å². The number of aliphatic hydroxyl groups is 1. The lowest BCUT2D eigenvalue weighted by Gasteiger charge is -2.31. The molecule has 0 aliphatic carbocycles. The van der Waals surface area contributed by atoms with E-state index < -0.39 is 0 Å². The minimum atomic E-state index is 0.320. The second-order valence-electron chi connectivity index (χ2n) is 4.54. The maximum Gasteiger partial charge on any atom is 0.127 e. The number of halogens is 1. The number of hydrogen-bond donors (Lipinski definition) is 1. The van der Waals surface area contributed by atoms with Gasteiger partial charge in [0, 0.05) is 38.5 Å². The molecule has 1 aromatic rings. The molecular weight excluding hydrogens is 317 g/mol. The maximum absolute atomic E-state index is 9.19. The van der Waals surface area contributed by atoms with E-state index in [1.807, 2.05) is 11.7 Å². The fourth-order valence-corrected chi connectivity index (χ4v) is 2.95. The molecule has 90 valence electrons. The topological polar surface area (TPSA) is 41.3 Å². The molecule has 1 aliphatic rings. The van der Waals surface area contributed by atoms with Gasteiger partial charge in [0.25, 0.3) is 0 Å². The van der Waals surface area contributed by atoms with E-state index in [1.165, 1.54) is 12.0 Å². The van der Waals surface area contributed by atoms with Gasteiger partial charge in [0.05, 0.1) is 0 Å². The summed E-state index contributed by atoms with van der Waals surface area (Å²) < 4.78 is 2.95. The summed E-state index contributed by atoms with van der Waals surface area (Å²) in [6.45, 7) is 3.44. The van der Waals surface area contributed by atoms with Crippen LogP contribution in [0.3, 0.4) is 0 Å². The second-order valence-corrected chi connectivity index (χ2v) is 5.57. The molecule has 1 fully saturated rings. The van der Waals surface area contributed by atoms with Crippen molar-refractivity contribution in [2.75, 3.05) is 19.7 Å². The van der Waals surface area contributed by atoms with E-state index in [0.717, 1.165) is 29.8 Å². The van der Waals surface area contributed by atoms with E-state index in [1.54, 1.807) is 0 Å². The molecule has 1 aromatic heterocycles. The average molecular weight is 335 g/mol. The van der Waals surface area contributed by atoms with Gasteiger partial charge in [-0.3, -0.25) is 9.58 Å². The van der Waals surface area contributed by atoms with E-state index in [2.05, 4.69) is 38.8 Å². The molecule has 2 rings (SSSR count). The molecule has 2 heterocycles. The van der Waals surface area contributed by atoms with Crippen LogP contribution in [-0.4, -0.2) is 39.5 Å². The van der Waals surface area contributed by atoms with Crippen molar-refractivity contribution in [1.29, 1.82) is 0 Å². The molecule has 5 heteroatoms. The first-order chi connectivity index (χ1) is 7.69. The molecule has 16 heavy (non-hydrogen) atoms. The summed E-state index contributed by atoms with van der Waals surface area (Å²) in [7, 11) is 1.96. The number of piperidine rings is 1. The highest BCUT2D eigenvalue weighted by Gasteiger charge is 2.20. The van der Waals surface area contributed by atoms with Crippen LogP contribution < -0.4 is 0 Å². The van der Waals surface area contributed by atoms with Crippen molar-refractivity contribution < 1.29 is 5.11 Å². The smallest absolute Gasteiger partial charge is 0.127 e. The lowest BCUT2D eigenvalue weighted by atomic mass is 9.99. The van der Waals surface area contributed by atoms with Gasteiger partial charge in [-0.1, -0.05) is 0 Å². The SMILES string of the molecule is Cn1cc(CN2CCC[C@H](CO)C2)c(I)n1. The monoisotopic (exact) mass is 335 g/mol. The summed E-state index contributed by atoms with van der Waals surface area (Å²) in [5, 5.41) is 13.5. The molecule has 0 bridgehead atoms. The van der Waals surface area contributed by atoms with Crippen molar-refractivity contribution in [3.8, 4) is 0 Å². The van der Waals surface area contributed by atoms with Gasteiger partial charge in [0.2, 0.25) is 0 Å². The van der Waals surface area contributed by atoms with E-state index in [4.69, 9.17) is 0 Å². The average Bonchev–Trinajstić information content (AvgIpc) is 2.58.